The molecule has 4 nitrogen and oxygen atoms in total. The molecule has 0 saturated carbocycles. The molecule has 1 aromatic carbocycles. The predicted molar refractivity (Wildman–Crippen MR) is 69.8 cm³/mol. The standard InChI is InChI=1S/C14H12F4N2O2/c15-9-2-1-3-10-8(9)6-11(19-10)12(21)20-5-4-13(22,7-20)14(16,17)18/h1-3,6,19,22H,4-5,7H2/t13-/m0/s1. The molecule has 22 heavy (non-hydrogen) atoms. The maximum atomic E-state index is 13.6. The number of aromatic nitrogens is 1. The zero-order chi connectivity index (χ0) is 16.1. The molecule has 0 radical (unpaired) electrons. The van der Waals surface area contributed by atoms with Gasteiger partial charge in [0, 0.05) is 23.9 Å². The van der Waals surface area contributed by atoms with Gasteiger partial charge in [0.05, 0.1) is 6.54 Å². The minimum atomic E-state index is -4.80. The summed E-state index contributed by atoms with van der Waals surface area (Å²) in [6.45, 7) is -1.04. The van der Waals surface area contributed by atoms with Gasteiger partial charge in [-0.2, -0.15) is 13.2 Å². The van der Waals surface area contributed by atoms with Gasteiger partial charge in [-0.05, 0) is 18.2 Å². The molecule has 1 fully saturated rings. The maximum absolute atomic E-state index is 13.6. The molecular formula is C14H12F4N2O2. The Morgan fingerprint density at radius 1 is 1.36 bits per heavy atom. The van der Waals surface area contributed by atoms with E-state index < -0.39 is 36.5 Å². The first-order valence-corrected chi connectivity index (χ1v) is 6.57. The fourth-order valence-electron chi connectivity index (χ4n) is 2.60. The molecule has 0 spiro atoms. The molecule has 1 aliphatic heterocycles. The second-order valence-electron chi connectivity index (χ2n) is 5.39. The third-order valence-corrected chi connectivity index (χ3v) is 3.90. The molecular weight excluding hydrogens is 304 g/mol. The van der Waals surface area contributed by atoms with E-state index in [1.807, 2.05) is 0 Å². The Labute approximate surface area is 122 Å². The molecule has 0 aliphatic carbocycles. The van der Waals surface area contributed by atoms with Gasteiger partial charge in [-0.1, -0.05) is 6.07 Å². The van der Waals surface area contributed by atoms with Crippen LogP contribution in [-0.2, 0) is 0 Å². The number of H-pyrrole nitrogens is 1. The van der Waals surface area contributed by atoms with Crippen molar-refractivity contribution in [2.24, 2.45) is 0 Å². The van der Waals surface area contributed by atoms with Gasteiger partial charge in [0.15, 0.2) is 5.60 Å². The number of alkyl halides is 3. The number of hydrogen-bond acceptors (Lipinski definition) is 2. The van der Waals surface area contributed by atoms with E-state index in [-0.39, 0.29) is 17.6 Å². The van der Waals surface area contributed by atoms with Gasteiger partial charge < -0.3 is 15.0 Å². The lowest BCUT2D eigenvalue weighted by molar-refractivity contribution is -0.253. The first-order valence-electron chi connectivity index (χ1n) is 6.57. The fraction of sp³-hybridized carbons (Fsp3) is 0.357. The SMILES string of the molecule is O=C(c1cc2c(F)cccc2[nH]1)N1CC[C@@](O)(C(F)(F)F)C1. The first-order chi connectivity index (χ1) is 10.2. The van der Waals surface area contributed by atoms with E-state index in [2.05, 4.69) is 4.98 Å². The van der Waals surface area contributed by atoms with E-state index in [0.29, 0.717) is 5.52 Å². The van der Waals surface area contributed by atoms with Gasteiger partial charge in [0.25, 0.3) is 5.91 Å². The normalized spacial score (nSPS) is 22.5. The molecule has 2 heterocycles. The number of halogens is 4. The summed E-state index contributed by atoms with van der Waals surface area (Å²) in [6, 6.07) is 5.51. The van der Waals surface area contributed by atoms with Crippen LogP contribution in [0.25, 0.3) is 10.9 Å². The highest BCUT2D eigenvalue weighted by Crippen LogP contribution is 2.38. The topological polar surface area (TPSA) is 56.3 Å². The Morgan fingerprint density at radius 3 is 2.68 bits per heavy atom. The van der Waals surface area contributed by atoms with Crippen molar-refractivity contribution in [3.8, 4) is 0 Å². The highest BCUT2D eigenvalue weighted by atomic mass is 19.4. The second-order valence-corrected chi connectivity index (χ2v) is 5.39. The summed E-state index contributed by atoms with van der Waals surface area (Å²) < 4.78 is 51.9. The number of hydrogen-bond donors (Lipinski definition) is 2. The van der Waals surface area contributed by atoms with Gasteiger partial charge in [0.2, 0.25) is 0 Å². The van der Waals surface area contributed by atoms with Crippen molar-refractivity contribution in [1.29, 1.82) is 0 Å². The number of aliphatic hydroxyl groups is 1. The number of rotatable bonds is 1. The molecule has 1 aliphatic rings. The second kappa shape index (κ2) is 4.70. The Kier molecular flexibility index (Phi) is 3.17. The fourth-order valence-corrected chi connectivity index (χ4v) is 2.60. The van der Waals surface area contributed by atoms with Crippen LogP contribution in [0.2, 0.25) is 0 Å². The Hall–Kier alpha value is -2.09. The number of carbonyl (C=O) groups excluding carboxylic acids is 1. The lowest BCUT2D eigenvalue weighted by Crippen LogP contribution is -2.48. The zero-order valence-electron chi connectivity index (χ0n) is 11.2. The molecule has 1 aromatic heterocycles. The Morgan fingerprint density at radius 2 is 2.09 bits per heavy atom. The third-order valence-electron chi connectivity index (χ3n) is 3.90. The summed E-state index contributed by atoms with van der Waals surface area (Å²) in [5.41, 5.74) is -2.51. The first kappa shape index (κ1) is 14.8. The summed E-state index contributed by atoms with van der Waals surface area (Å²) in [5, 5.41) is 9.78. The van der Waals surface area contributed by atoms with Crippen LogP contribution >= 0.6 is 0 Å². The molecule has 0 unspecified atom stereocenters. The van der Waals surface area contributed by atoms with Crippen LogP contribution in [0.4, 0.5) is 17.6 Å². The summed E-state index contributed by atoms with van der Waals surface area (Å²) in [5.74, 6) is -1.23. The Bertz CT molecular complexity index is 740. The molecule has 2 N–H and O–H groups in total. The zero-order valence-corrected chi connectivity index (χ0v) is 11.2. The number of amides is 1. The van der Waals surface area contributed by atoms with Crippen molar-refractivity contribution in [3.05, 3.63) is 35.8 Å². The number of nitrogens with zero attached hydrogens (tertiary/aromatic N) is 1. The van der Waals surface area contributed by atoms with E-state index in [9.17, 15) is 27.5 Å². The lowest BCUT2D eigenvalue weighted by atomic mass is 10.0. The van der Waals surface area contributed by atoms with E-state index in [4.69, 9.17) is 0 Å². The maximum Gasteiger partial charge on any atom is 0.419 e. The number of benzene rings is 1. The third kappa shape index (κ3) is 2.23. The summed E-state index contributed by atoms with van der Waals surface area (Å²) >= 11 is 0. The minimum Gasteiger partial charge on any atom is -0.379 e. The van der Waals surface area contributed by atoms with Gasteiger partial charge in [-0.15, -0.1) is 0 Å². The number of aromatic amines is 1. The molecule has 2 aromatic rings. The van der Waals surface area contributed by atoms with Gasteiger partial charge in [-0.25, -0.2) is 4.39 Å². The van der Waals surface area contributed by atoms with Crippen LogP contribution in [0.3, 0.4) is 0 Å². The van der Waals surface area contributed by atoms with Crippen LogP contribution in [0, 0.1) is 5.82 Å². The molecule has 118 valence electrons. The highest BCUT2D eigenvalue weighted by molar-refractivity contribution is 5.98. The van der Waals surface area contributed by atoms with Crippen molar-refractivity contribution in [3.63, 3.8) is 0 Å². The molecule has 1 atom stereocenters. The molecule has 0 bridgehead atoms. The van der Waals surface area contributed by atoms with Crippen LogP contribution in [0.15, 0.2) is 24.3 Å². The van der Waals surface area contributed by atoms with Crippen LogP contribution in [-0.4, -0.2) is 45.8 Å². The van der Waals surface area contributed by atoms with E-state index in [0.717, 1.165) is 4.90 Å². The van der Waals surface area contributed by atoms with Gasteiger partial charge >= 0.3 is 6.18 Å². The lowest BCUT2D eigenvalue weighted by Gasteiger charge is -2.25. The summed E-state index contributed by atoms with van der Waals surface area (Å²) in [4.78, 5) is 15.8. The Balaban J connectivity index is 1.87. The summed E-state index contributed by atoms with van der Waals surface area (Å²) in [7, 11) is 0. The number of β-amino-alcohol motifs (C(OH)–C–C–N with tert-alkyl or cyclic N) is 1. The van der Waals surface area contributed by atoms with Crippen molar-refractivity contribution < 1.29 is 27.5 Å². The van der Waals surface area contributed by atoms with Crippen LogP contribution in [0.1, 0.15) is 16.9 Å². The number of fused-ring (bicyclic) bond motifs is 1. The predicted octanol–water partition coefficient (Wildman–Crippen LogP) is 2.45. The smallest absolute Gasteiger partial charge is 0.379 e. The minimum absolute atomic E-state index is 0.00785. The average Bonchev–Trinajstić information content (AvgIpc) is 3.03. The highest BCUT2D eigenvalue weighted by Gasteiger charge is 2.57. The van der Waals surface area contributed by atoms with E-state index >= 15 is 0 Å². The number of carbonyl (C=O) groups is 1. The van der Waals surface area contributed by atoms with E-state index in [1.54, 1.807) is 6.07 Å². The van der Waals surface area contributed by atoms with Crippen molar-refractivity contribution in [2.45, 2.75) is 18.2 Å². The van der Waals surface area contributed by atoms with Crippen molar-refractivity contribution in [1.82, 2.24) is 9.88 Å². The molecule has 8 heteroatoms. The van der Waals surface area contributed by atoms with Crippen LogP contribution in [0.5, 0.6) is 0 Å². The number of nitrogens with one attached hydrogen (secondary N) is 1. The van der Waals surface area contributed by atoms with E-state index in [1.165, 1.54) is 18.2 Å². The quantitative estimate of drug-likeness (QED) is 0.794. The summed E-state index contributed by atoms with van der Waals surface area (Å²) in [6.07, 6.45) is -5.37. The average molecular weight is 316 g/mol. The van der Waals surface area contributed by atoms with Crippen LogP contribution < -0.4 is 0 Å². The number of likely N-dealkylation sites (tertiary alicyclic amines) is 1. The molecule has 3 rings (SSSR count). The monoisotopic (exact) mass is 316 g/mol. The van der Waals surface area contributed by atoms with Gasteiger partial charge in [-0.3, -0.25) is 4.79 Å². The van der Waals surface area contributed by atoms with Gasteiger partial charge in [0.1, 0.15) is 11.5 Å². The van der Waals surface area contributed by atoms with Crippen molar-refractivity contribution >= 4 is 16.8 Å². The molecule has 1 saturated heterocycles. The molecule has 1 amide bonds. The largest absolute Gasteiger partial charge is 0.419 e. The van der Waals surface area contributed by atoms with Crippen molar-refractivity contribution in [2.75, 3.05) is 13.1 Å².